The average molecular weight is 451 g/mol. The number of fused-ring (bicyclic) bond motifs is 1. The van der Waals surface area contributed by atoms with Crippen LogP contribution in [-0.2, 0) is 17.8 Å². The third-order valence-electron chi connectivity index (χ3n) is 6.76. The summed E-state index contributed by atoms with van der Waals surface area (Å²) in [5, 5.41) is 6.39. The number of carbonyl (C=O) groups is 1. The third kappa shape index (κ3) is 5.33. The normalized spacial score (nSPS) is 20.8. The number of amides is 1. The minimum absolute atomic E-state index is 0.0674. The first-order valence-electron chi connectivity index (χ1n) is 11.9. The van der Waals surface area contributed by atoms with Gasteiger partial charge in [-0.25, -0.2) is 9.37 Å². The van der Waals surface area contributed by atoms with E-state index in [0.29, 0.717) is 19.0 Å². The second kappa shape index (κ2) is 9.47. The number of anilines is 3. The first kappa shape index (κ1) is 21.8. The lowest BCUT2D eigenvalue weighted by Gasteiger charge is -2.32. The number of halogens is 1. The molecule has 1 saturated heterocycles. The zero-order chi connectivity index (χ0) is 22.8. The lowest BCUT2D eigenvalue weighted by atomic mass is 9.99. The van der Waals surface area contributed by atoms with Crippen LogP contribution in [0.1, 0.15) is 36.8 Å². The number of hydrogen-bond donors (Lipinski definition) is 2. The molecular formula is C25H31FN6O. The van der Waals surface area contributed by atoms with Gasteiger partial charge in [0.25, 0.3) is 0 Å². The van der Waals surface area contributed by atoms with E-state index in [-0.39, 0.29) is 17.8 Å². The summed E-state index contributed by atoms with van der Waals surface area (Å²) in [6.07, 6.45) is 7.99. The molecule has 7 nitrogen and oxygen atoms in total. The summed E-state index contributed by atoms with van der Waals surface area (Å²) < 4.78 is 14.4. The molecule has 1 aromatic heterocycles. The van der Waals surface area contributed by atoms with Gasteiger partial charge in [-0.2, -0.15) is 4.98 Å². The Bertz CT molecular complexity index is 1040. The Morgan fingerprint density at radius 2 is 2.12 bits per heavy atom. The van der Waals surface area contributed by atoms with E-state index in [1.54, 1.807) is 4.90 Å². The maximum Gasteiger partial charge on any atom is 0.246 e. The van der Waals surface area contributed by atoms with Crippen LogP contribution in [0.15, 0.2) is 37.1 Å². The molecule has 2 N–H and O–H groups in total. The molecule has 2 aromatic rings. The maximum absolute atomic E-state index is 14.4. The standard InChI is InChI=1S/C25H31FN6O/c1-2-23(33)32-10-3-4-21(16-32)28-24-22(26)13-27-25(30-24)29-20-8-7-19-15-31(14-17-5-6-17)11-9-18(19)12-20/h2,7-8,12-13,17,21H,1,3-6,9-11,14-16H2,(H2,27,28,29,30)/t21-/m1/s1. The minimum atomic E-state index is -0.506. The summed E-state index contributed by atoms with van der Waals surface area (Å²) in [5.41, 5.74) is 3.63. The lowest BCUT2D eigenvalue weighted by molar-refractivity contribution is -0.127. The molecule has 1 aromatic carbocycles. The van der Waals surface area contributed by atoms with Crippen molar-refractivity contribution in [3.05, 3.63) is 54.0 Å². The molecule has 8 heteroatoms. The van der Waals surface area contributed by atoms with Gasteiger partial charge in [-0.15, -0.1) is 0 Å². The van der Waals surface area contributed by atoms with Gasteiger partial charge in [-0.3, -0.25) is 9.69 Å². The van der Waals surface area contributed by atoms with Crippen LogP contribution in [0.3, 0.4) is 0 Å². The van der Waals surface area contributed by atoms with E-state index in [0.717, 1.165) is 44.0 Å². The Labute approximate surface area is 194 Å². The molecule has 2 aliphatic heterocycles. The van der Waals surface area contributed by atoms with Gasteiger partial charge in [-0.1, -0.05) is 12.6 Å². The zero-order valence-electron chi connectivity index (χ0n) is 18.9. The van der Waals surface area contributed by atoms with E-state index in [1.165, 1.54) is 42.8 Å². The molecule has 0 spiro atoms. The Kier molecular flexibility index (Phi) is 6.26. The molecular weight excluding hydrogens is 419 g/mol. The highest BCUT2D eigenvalue weighted by atomic mass is 19.1. The minimum Gasteiger partial charge on any atom is -0.363 e. The van der Waals surface area contributed by atoms with Crippen molar-refractivity contribution in [1.82, 2.24) is 19.8 Å². The van der Waals surface area contributed by atoms with Crippen molar-refractivity contribution in [2.45, 2.75) is 44.7 Å². The summed E-state index contributed by atoms with van der Waals surface area (Å²) in [7, 11) is 0. The number of piperidine rings is 1. The highest BCUT2D eigenvalue weighted by molar-refractivity contribution is 5.87. The Balaban J connectivity index is 1.24. The molecule has 3 heterocycles. The summed E-state index contributed by atoms with van der Waals surface area (Å²) >= 11 is 0. The van der Waals surface area contributed by atoms with E-state index in [1.807, 2.05) is 6.07 Å². The van der Waals surface area contributed by atoms with Crippen molar-refractivity contribution in [3.63, 3.8) is 0 Å². The zero-order valence-corrected chi connectivity index (χ0v) is 18.9. The van der Waals surface area contributed by atoms with E-state index < -0.39 is 5.82 Å². The van der Waals surface area contributed by atoms with Crippen LogP contribution in [-0.4, -0.2) is 57.9 Å². The largest absolute Gasteiger partial charge is 0.363 e. The van der Waals surface area contributed by atoms with Gasteiger partial charge in [-0.05, 0) is 67.4 Å². The topological polar surface area (TPSA) is 73.4 Å². The number of likely N-dealkylation sites (tertiary alicyclic amines) is 1. The molecule has 174 valence electrons. The van der Waals surface area contributed by atoms with Crippen LogP contribution in [0.4, 0.5) is 21.8 Å². The van der Waals surface area contributed by atoms with E-state index in [4.69, 9.17) is 0 Å². The van der Waals surface area contributed by atoms with Gasteiger partial charge in [0.15, 0.2) is 11.6 Å². The second-order valence-electron chi connectivity index (χ2n) is 9.40. The fourth-order valence-corrected chi connectivity index (χ4v) is 4.79. The van der Waals surface area contributed by atoms with Gasteiger partial charge in [0.1, 0.15) is 0 Å². The van der Waals surface area contributed by atoms with Crippen LogP contribution >= 0.6 is 0 Å². The number of hydrogen-bond acceptors (Lipinski definition) is 6. The van der Waals surface area contributed by atoms with Crippen molar-refractivity contribution >= 4 is 23.4 Å². The smallest absolute Gasteiger partial charge is 0.246 e. The predicted octanol–water partition coefficient (Wildman–Crippen LogP) is 3.72. The highest BCUT2D eigenvalue weighted by Gasteiger charge is 2.26. The number of nitrogens with one attached hydrogen (secondary N) is 2. The maximum atomic E-state index is 14.4. The Hall–Kier alpha value is -3.00. The fourth-order valence-electron chi connectivity index (χ4n) is 4.79. The van der Waals surface area contributed by atoms with E-state index >= 15 is 0 Å². The average Bonchev–Trinajstić information content (AvgIpc) is 3.65. The fraction of sp³-hybridized carbons (Fsp3) is 0.480. The quantitative estimate of drug-likeness (QED) is 0.627. The van der Waals surface area contributed by atoms with E-state index in [9.17, 15) is 9.18 Å². The Morgan fingerprint density at radius 1 is 1.24 bits per heavy atom. The molecule has 33 heavy (non-hydrogen) atoms. The number of nitrogens with zero attached hydrogens (tertiary/aromatic N) is 4. The van der Waals surface area contributed by atoms with Gasteiger partial charge < -0.3 is 15.5 Å². The summed E-state index contributed by atoms with van der Waals surface area (Å²) in [6, 6.07) is 6.30. The predicted molar refractivity (Wildman–Crippen MR) is 127 cm³/mol. The number of benzene rings is 1. The van der Waals surface area contributed by atoms with Gasteiger partial charge in [0.05, 0.1) is 6.20 Å². The molecule has 1 amide bonds. The number of aromatic nitrogens is 2. The second-order valence-corrected chi connectivity index (χ2v) is 9.40. The lowest BCUT2D eigenvalue weighted by Crippen LogP contribution is -2.44. The third-order valence-corrected chi connectivity index (χ3v) is 6.76. The van der Waals surface area contributed by atoms with Crippen molar-refractivity contribution < 1.29 is 9.18 Å². The van der Waals surface area contributed by atoms with Crippen LogP contribution in [0.25, 0.3) is 0 Å². The number of rotatable bonds is 7. The molecule has 2 fully saturated rings. The molecule has 0 unspecified atom stereocenters. The van der Waals surface area contributed by atoms with Crippen molar-refractivity contribution in [2.24, 2.45) is 5.92 Å². The van der Waals surface area contributed by atoms with E-state index in [2.05, 4.69) is 44.2 Å². The van der Waals surface area contributed by atoms with Gasteiger partial charge >= 0.3 is 0 Å². The SMILES string of the molecule is C=CC(=O)N1CCC[C@@H](Nc2nc(Nc3ccc4c(c3)CCN(CC3CC3)C4)ncc2F)C1. The summed E-state index contributed by atoms with van der Waals surface area (Å²) in [5.74, 6) is 0.799. The van der Waals surface area contributed by atoms with Crippen LogP contribution in [0, 0.1) is 11.7 Å². The Morgan fingerprint density at radius 3 is 2.94 bits per heavy atom. The van der Waals surface area contributed by atoms with Crippen molar-refractivity contribution in [2.75, 3.05) is 36.8 Å². The molecule has 0 radical (unpaired) electrons. The molecule has 1 saturated carbocycles. The highest BCUT2D eigenvalue weighted by Crippen LogP contribution is 2.32. The van der Waals surface area contributed by atoms with Crippen molar-refractivity contribution in [3.8, 4) is 0 Å². The number of carbonyl (C=O) groups excluding carboxylic acids is 1. The molecule has 0 bridgehead atoms. The van der Waals surface area contributed by atoms with Crippen molar-refractivity contribution in [1.29, 1.82) is 0 Å². The summed E-state index contributed by atoms with van der Waals surface area (Å²) in [4.78, 5) is 24.7. The van der Waals surface area contributed by atoms with Crippen LogP contribution in [0.5, 0.6) is 0 Å². The monoisotopic (exact) mass is 450 g/mol. The van der Waals surface area contributed by atoms with Crippen LogP contribution in [0.2, 0.25) is 0 Å². The van der Waals surface area contributed by atoms with Gasteiger partial charge in [0, 0.05) is 44.5 Å². The first-order chi connectivity index (χ1) is 16.1. The summed E-state index contributed by atoms with van der Waals surface area (Å²) in [6.45, 7) is 8.08. The molecule has 3 aliphatic rings. The van der Waals surface area contributed by atoms with Crippen LogP contribution < -0.4 is 10.6 Å². The molecule has 1 atom stereocenters. The first-order valence-corrected chi connectivity index (χ1v) is 11.9. The molecule has 5 rings (SSSR count). The molecule has 1 aliphatic carbocycles. The van der Waals surface area contributed by atoms with Gasteiger partial charge in [0.2, 0.25) is 11.9 Å².